The second kappa shape index (κ2) is 4.11. The molecule has 18 heavy (non-hydrogen) atoms. The van der Waals surface area contributed by atoms with Crippen LogP contribution < -0.4 is 5.56 Å². The largest absolute Gasteiger partial charge is 0.306 e. The van der Waals surface area contributed by atoms with Crippen LogP contribution in [0.4, 0.5) is 0 Å². The molecule has 88 valence electrons. The van der Waals surface area contributed by atoms with Crippen molar-refractivity contribution >= 4 is 10.9 Å². The van der Waals surface area contributed by atoms with Gasteiger partial charge in [-0.05, 0) is 24.6 Å². The fourth-order valence-corrected chi connectivity index (χ4v) is 1.98. The van der Waals surface area contributed by atoms with Gasteiger partial charge < -0.3 is 4.98 Å². The predicted molar refractivity (Wildman–Crippen MR) is 72.5 cm³/mol. The Hall–Kier alpha value is -2.42. The van der Waals surface area contributed by atoms with E-state index in [9.17, 15) is 4.79 Å². The van der Waals surface area contributed by atoms with Gasteiger partial charge in [-0.25, -0.2) is 4.98 Å². The van der Waals surface area contributed by atoms with E-state index >= 15 is 0 Å². The molecule has 0 aliphatic carbocycles. The number of hydrogen-bond acceptors (Lipinski definition) is 2. The standard InChI is InChI=1S/C15H12N2O/c1-10-7-8-12-13(9-10)16-14(17-15(12)18)11-5-3-2-4-6-11/h2-9H,1H3,(H,16,17,18). The summed E-state index contributed by atoms with van der Waals surface area (Å²) >= 11 is 0. The first kappa shape index (κ1) is 10.7. The van der Waals surface area contributed by atoms with Crippen LogP contribution in [-0.4, -0.2) is 9.97 Å². The molecule has 1 N–H and O–H groups in total. The zero-order chi connectivity index (χ0) is 12.5. The van der Waals surface area contributed by atoms with Gasteiger partial charge in [0.15, 0.2) is 0 Å². The molecule has 0 atom stereocenters. The molecule has 0 saturated carbocycles. The van der Waals surface area contributed by atoms with Crippen LogP contribution in [0.25, 0.3) is 22.3 Å². The van der Waals surface area contributed by atoms with Gasteiger partial charge >= 0.3 is 0 Å². The predicted octanol–water partition coefficient (Wildman–Crippen LogP) is 2.90. The molecule has 2 aromatic carbocycles. The number of hydrogen-bond donors (Lipinski definition) is 1. The second-order valence-corrected chi connectivity index (χ2v) is 4.30. The van der Waals surface area contributed by atoms with Crippen LogP contribution in [0, 0.1) is 6.92 Å². The number of H-pyrrole nitrogens is 1. The fourth-order valence-electron chi connectivity index (χ4n) is 1.98. The number of benzene rings is 2. The monoisotopic (exact) mass is 236 g/mol. The molecule has 0 aliphatic rings. The second-order valence-electron chi connectivity index (χ2n) is 4.30. The molecule has 0 bridgehead atoms. The summed E-state index contributed by atoms with van der Waals surface area (Å²) in [6, 6.07) is 15.3. The lowest BCUT2D eigenvalue weighted by atomic mass is 10.1. The van der Waals surface area contributed by atoms with E-state index in [2.05, 4.69) is 9.97 Å². The first-order valence-corrected chi connectivity index (χ1v) is 5.80. The minimum absolute atomic E-state index is 0.0983. The molecule has 3 rings (SSSR count). The van der Waals surface area contributed by atoms with Crippen LogP contribution in [0.2, 0.25) is 0 Å². The number of aromatic nitrogens is 2. The Labute approximate surface area is 104 Å². The molecule has 0 amide bonds. The van der Waals surface area contributed by atoms with Gasteiger partial charge in [0.1, 0.15) is 5.82 Å². The van der Waals surface area contributed by atoms with Gasteiger partial charge in [-0.1, -0.05) is 36.4 Å². The summed E-state index contributed by atoms with van der Waals surface area (Å²) in [4.78, 5) is 19.3. The van der Waals surface area contributed by atoms with E-state index in [1.807, 2.05) is 55.5 Å². The lowest BCUT2D eigenvalue weighted by Gasteiger charge is -2.03. The Morgan fingerprint density at radius 1 is 1.06 bits per heavy atom. The zero-order valence-electron chi connectivity index (χ0n) is 9.97. The number of nitrogens with one attached hydrogen (secondary N) is 1. The molecule has 1 heterocycles. The summed E-state index contributed by atoms with van der Waals surface area (Å²) in [5.74, 6) is 0.610. The van der Waals surface area contributed by atoms with Crippen LogP contribution in [0.1, 0.15) is 5.56 Å². The van der Waals surface area contributed by atoms with E-state index in [1.54, 1.807) is 0 Å². The van der Waals surface area contributed by atoms with Crippen molar-refractivity contribution in [2.24, 2.45) is 0 Å². The van der Waals surface area contributed by atoms with Crippen molar-refractivity contribution in [3.05, 3.63) is 64.4 Å². The number of nitrogens with zero attached hydrogens (tertiary/aromatic N) is 1. The van der Waals surface area contributed by atoms with Gasteiger partial charge in [-0.2, -0.15) is 0 Å². The maximum absolute atomic E-state index is 12.0. The van der Waals surface area contributed by atoms with Crippen molar-refractivity contribution in [2.75, 3.05) is 0 Å². The van der Waals surface area contributed by atoms with E-state index in [4.69, 9.17) is 0 Å². The minimum Gasteiger partial charge on any atom is -0.306 e. The van der Waals surface area contributed by atoms with Crippen LogP contribution in [0.5, 0.6) is 0 Å². The molecule has 3 heteroatoms. The van der Waals surface area contributed by atoms with Gasteiger partial charge in [0.25, 0.3) is 5.56 Å². The summed E-state index contributed by atoms with van der Waals surface area (Å²) in [5.41, 5.74) is 2.65. The topological polar surface area (TPSA) is 45.8 Å². The molecule has 1 aromatic heterocycles. The van der Waals surface area contributed by atoms with E-state index in [0.717, 1.165) is 16.6 Å². The third kappa shape index (κ3) is 1.80. The van der Waals surface area contributed by atoms with E-state index in [1.165, 1.54) is 0 Å². The average molecular weight is 236 g/mol. The summed E-state index contributed by atoms with van der Waals surface area (Å²) in [5, 5.41) is 0.625. The highest BCUT2D eigenvalue weighted by atomic mass is 16.1. The molecule has 0 fully saturated rings. The lowest BCUT2D eigenvalue weighted by molar-refractivity contribution is 1.18. The first-order valence-electron chi connectivity index (χ1n) is 5.80. The molecular formula is C15H12N2O. The molecule has 3 aromatic rings. The van der Waals surface area contributed by atoms with Crippen molar-refractivity contribution < 1.29 is 0 Å². The summed E-state index contributed by atoms with van der Waals surface area (Å²) in [6.45, 7) is 1.99. The SMILES string of the molecule is Cc1ccc2c(=O)[nH]c(-c3ccccc3)nc2c1. The van der Waals surface area contributed by atoms with Crippen LogP contribution in [-0.2, 0) is 0 Å². The maximum Gasteiger partial charge on any atom is 0.259 e. The maximum atomic E-state index is 12.0. The molecule has 0 aliphatic heterocycles. The van der Waals surface area contributed by atoms with Crippen LogP contribution in [0.15, 0.2) is 53.3 Å². The highest BCUT2D eigenvalue weighted by molar-refractivity contribution is 5.80. The Kier molecular flexibility index (Phi) is 2.45. The zero-order valence-corrected chi connectivity index (χ0v) is 9.97. The number of rotatable bonds is 1. The van der Waals surface area contributed by atoms with E-state index < -0.39 is 0 Å². The Morgan fingerprint density at radius 3 is 2.61 bits per heavy atom. The summed E-state index contributed by atoms with van der Waals surface area (Å²) in [6.07, 6.45) is 0. The quantitative estimate of drug-likeness (QED) is 0.706. The minimum atomic E-state index is -0.0983. The molecule has 0 radical (unpaired) electrons. The molecular weight excluding hydrogens is 224 g/mol. The number of aromatic amines is 1. The van der Waals surface area contributed by atoms with E-state index in [-0.39, 0.29) is 5.56 Å². The first-order chi connectivity index (χ1) is 8.74. The summed E-state index contributed by atoms with van der Waals surface area (Å²) in [7, 11) is 0. The highest BCUT2D eigenvalue weighted by Gasteiger charge is 2.05. The van der Waals surface area contributed by atoms with Crippen molar-refractivity contribution in [1.82, 2.24) is 9.97 Å². The third-order valence-electron chi connectivity index (χ3n) is 2.91. The van der Waals surface area contributed by atoms with Crippen molar-refractivity contribution in [3.8, 4) is 11.4 Å². The van der Waals surface area contributed by atoms with Gasteiger partial charge in [0, 0.05) is 5.56 Å². The van der Waals surface area contributed by atoms with Gasteiger partial charge in [-0.15, -0.1) is 0 Å². The van der Waals surface area contributed by atoms with Gasteiger partial charge in [0.2, 0.25) is 0 Å². The molecule has 3 nitrogen and oxygen atoms in total. The Balaban J connectivity index is 2.30. The highest BCUT2D eigenvalue weighted by Crippen LogP contribution is 2.16. The summed E-state index contributed by atoms with van der Waals surface area (Å²) < 4.78 is 0. The van der Waals surface area contributed by atoms with Gasteiger partial charge in [-0.3, -0.25) is 4.79 Å². The molecule has 0 saturated heterocycles. The van der Waals surface area contributed by atoms with E-state index in [0.29, 0.717) is 11.2 Å². The number of aryl methyl sites for hydroxylation is 1. The van der Waals surface area contributed by atoms with Crippen LogP contribution >= 0.6 is 0 Å². The Bertz CT molecular complexity index is 760. The lowest BCUT2D eigenvalue weighted by Crippen LogP contribution is -2.09. The smallest absolute Gasteiger partial charge is 0.259 e. The molecule has 0 unspecified atom stereocenters. The number of fused-ring (bicyclic) bond motifs is 1. The van der Waals surface area contributed by atoms with Crippen molar-refractivity contribution in [3.63, 3.8) is 0 Å². The van der Waals surface area contributed by atoms with Crippen molar-refractivity contribution in [2.45, 2.75) is 6.92 Å². The molecule has 0 spiro atoms. The van der Waals surface area contributed by atoms with Crippen LogP contribution in [0.3, 0.4) is 0 Å². The normalized spacial score (nSPS) is 10.7. The third-order valence-corrected chi connectivity index (χ3v) is 2.91. The average Bonchev–Trinajstić information content (AvgIpc) is 2.39. The van der Waals surface area contributed by atoms with Gasteiger partial charge in [0.05, 0.1) is 10.9 Å². The fraction of sp³-hybridized carbons (Fsp3) is 0.0667. The Morgan fingerprint density at radius 2 is 1.83 bits per heavy atom. The van der Waals surface area contributed by atoms with Crippen molar-refractivity contribution in [1.29, 1.82) is 0 Å².